The first-order chi connectivity index (χ1) is 18.7. The number of aromatic amines is 1. The maximum Gasteiger partial charge on any atom is 0.335 e. The van der Waals surface area contributed by atoms with Crippen LogP contribution >= 0.6 is 11.6 Å². The molecule has 2 N–H and O–H groups in total. The summed E-state index contributed by atoms with van der Waals surface area (Å²) in [5.41, 5.74) is 2.02. The third-order valence-corrected chi connectivity index (χ3v) is 9.39. The summed E-state index contributed by atoms with van der Waals surface area (Å²) in [6.07, 6.45) is 4.89. The highest BCUT2D eigenvalue weighted by atomic mass is 35.5. The van der Waals surface area contributed by atoms with Gasteiger partial charge in [0.1, 0.15) is 23.7 Å². The van der Waals surface area contributed by atoms with Crippen LogP contribution in [0, 0.1) is 5.92 Å². The van der Waals surface area contributed by atoms with E-state index < -0.39 is 10.0 Å². The summed E-state index contributed by atoms with van der Waals surface area (Å²) in [6.45, 7) is 6.53. The zero-order valence-electron chi connectivity index (χ0n) is 22.6. The van der Waals surface area contributed by atoms with Crippen molar-refractivity contribution in [1.29, 1.82) is 0 Å². The van der Waals surface area contributed by atoms with E-state index in [-0.39, 0.29) is 21.7 Å². The molecule has 1 aromatic carbocycles. The largest absolute Gasteiger partial charge is 0.489 e. The van der Waals surface area contributed by atoms with Crippen LogP contribution in [0.4, 0.5) is 0 Å². The van der Waals surface area contributed by atoms with Gasteiger partial charge in [0.05, 0.1) is 21.1 Å². The number of aryl methyl sites for hydroxylation is 1. The molecule has 0 aliphatic carbocycles. The average Bonchev–Trinajstić information content (AvgIpc) is 3.55. The average molecular weight is 576 g/mol. The molecule has 5 rings (SSSR count). The number of H-pyrrole nitrogens is 1. The lowest BCUT2D eigenvalue weighted by Gasteiger charge is -2.34. The second kappa shape index (κ2) is 10.9. The molecule has 13 heteroatoms. The maximum absolute atomic E-state index is 13.2. The van der Waals surface area contributed by atoms with E-state index >= 15 is 0 Å². The Morgan fingerprint density at radius 3 is 2.67 bits per heavy atom. The van der Waals surface area contributed by atoms with Crippen LogP contribution in [-0.4, -0.2) is 70.8 Å². The van der Waals surface area contributed by atoms with Gasteiger partial charge in [0.15, 0.2) is 5.65 Å². The smallest absolute Gasteiger partial charge is 0.335 e. The van der Waals surface area contributed by atoms with Crippen molar-refractivity contribution >= 4 is 38.3 Å². The lowest BCUT2D eigenvalue weighted by Crippen LogP contribution is -2.37. The van der Waals surface area contributed by atoms with Crippen LogP contribution in [0.25, 0.3) is 27.9 Å². The molecule has 210 valence electrons. The topological polar surface area (TPSA) is 127 Å². The predicted molar refractivity (Wildman–Crippen MR) is 151 cm³/mol. The lowest BCUT2D eigenvalue weighted by atomic mass is 9.90. The minimum Gasteiger partial charge on any atom is -0.489 e. The Kier molecular flexibility index (Phi) is 7.73. The molecule has 0 bridgehead atoms. The van der Waals surface area contributed by atoms with E-state index in [4.69, 9.17) is 16.3 Å². The van der Waals surface area contributed by atoms with Crippen LogP contribution in [0.1, 0.15) is 39.5 Å². The molecule has 0 saturated carbocycles. The van der Waals surface area contributed by atoms with Gasteiger partial charge in [-0.3, -0.25) is 4.57 Å². The van der Waals surface area contributed by atoms with Crippen molar-refractivity contribution in [2.45, 2.75) is 57.1 Å². The number of sulfonamides is 1. The Bertz CT molecular complexity index is 1670. The number of benzene rings is 1. The molecule has 0 radical (unpaired) electrons. The van der Waals surface area contributed by atoms with Gasteiger partial charge in [-0.15, -0.1) is 10.2 Å². The fraction of sp³-hybridized carbons (Fsp3) is 0.500. The Morgan fingerprint density at radius 2 is 2.00 bits per heavy atom. The number of likely N-dealkylation sites (tertiary alicyclic amines) is 1. The van der Waals surface area contributed by atoms with Crippen molar-refractivity contribution in [2.24, 2.45) is 5.92 Å². The van der Waals surface area contributed by atoms with Gasteiger partial charge >= 0.3 is 5.69 Å². The molecule has 0 amide bonds. The molecule has 1 aliphatic heterocycles. The van der Waals surface area contributed by atoms with Crippen LogP contribution in [0.3, 0.4) is 0 Å². The van der Waals surface area contributed by atoms with E-state index in [1.807, 2.05) is 6.92 Å². The normalized spacial score (nSPS) is 16.3. The molecule has 39 heavy (non-hydrogen) atoms. The number of nitrogens with zero attached hydrogens (tertiary/aromatic N) is 5. The highest BCUT2D eigenvalue weighted by molar-refractivity contribution is 7.89. The number of piperidine rings is 1. The Hall–Kier alpha value is -2.93. The van der Waals surface area contributed by atoms with Gasteiger partial charge in [-0.25, -0.2) is 22.3 Å². The number of hydrogen-bond acceptors (Lipinski definition) is 7. The van der Waals surface area contributed by atoms with E-state index in [2.05, 4.69) is 38.8 Å². The number of hydrogen-bond donors (Lipinski definition) is 2. The SMILES string of the molecule is CCCn1c(=O)n2cnnc2c2[nH]c(-c3cc(S(=O)(=O)NC)ccc3OC(CC)C3CCN(C)CC3)c(Cl)c21. The predicted octanol–water partition coefficient (Wildman–Crippen LogP) is 3.51. The van der Waals surface area contributed by atoms with Crippen molar-refractivity contribution in [3.05, 3.63) is 40.0 Å². The van der Waals surface area contributed by atoms with E-state index in [0.717, 1.165) is 32.4 Å². The zero-order valence-corrected chi connectivity index (χ0v) is 24.1. The molecule has 1 saturated heterocycles. The summed E-state index contributed by atoms with van der Waals surface area (Å²) in [7, 11) is -0.254. The van der Waals surface area contributed by atoms with Gasteiger partial charge in [0, 0.05) is 12.1 Å². The van der Waals surface area contributed by atoms with Crippen LogP contribution in [0.2, 0.25) is 5.02 Å². The van der Waals surface area contributed by atoms with E-state index in [1.165, 1.54) is 23.8 Å². The first kappa shape index (κ1) is 27.6. The van der Waals surface area contributed by atoms with Gasteiger partial charge in [0.25, 0.3) is 0 Å². The fourth-order valence-electron chi connectivity index (χ4n) is 5.44. The summed E-state index contributed by atoms with van der Waals surface area (Å²) in [5, 5.41) is 8.36. The van der Waals surface area contributed by atoms with Gasteiger partial charge in [-0.05, 0) is 77.0 Å². The monoisotopic (exact) mass is 575 g/mol. The van der Waals surface area contributed by atoms with Gasteiger partial charge < -0.3 is 14.6 Å². The number of nitrogens with one attached hydrogen (secondary N) is 2. The summed E-state index contributed by atoms with van der Waals surface area (Å²) < 4.78 is 37.5. The first-order valence-corrected chi connectivity index (χ1v) is 15.1. The number of fused-ring (bicyclic) bond motifs is 3. The summed E-state index contributed by atoms with van der Waals surface area (Å²) in [4.78, 5) is 18.9. The molecule has 11 nitrogen and oxygen atoms in total. The molecule has 1 unspecified atom stereocenters. The number of ether oxygens (including phenoxy) is 1. The van der Waals surface area contributed by atoms with Gasteiger partial charge in [0.2, 0.25) is 10.0 Å². The van der Waals surface area contributed by atoms with Gasteiger partial charge in [-0.2, -0.15) is 0 Å². The second-order valence-electron chi connectivity index (χ2n) is 10.1. The van der Waals surface area contributed by atoms with Crippen LogP contribution < -0.4 is 15.1 Å². The second-order valence-corrected chi connectivity index (χ2v) is 12.3. The van der Waals surface area contributed by atoms with Crippen LogP contribution in [-0.2, 0) is 16.6 Å². The minimum atomic E-state index is -3.75. The maximum atomic E-state index is 13.2. The van der Waals surface area contributed by atoms with Crippen molar-refractivity contribution in [2.75, 3.05) is 27.2 Å². The fourth-order valence-corrected chi connectivity index (χ4v) is 6.54. The highest BCUT2D eigenvalue weighted by Gasteiger charge is 2.29. The molecular formula is C26H34ClN7O4S. The Balaban J connectivity index is 1.71. The zero-order chi connectivity index (χ0) is 27.9. The van der Waals surface area contributed by atoms with E-state index in [9.17, 15) is 13.2 Å². The van der Waals surface area contributed by atoms with Crippen molar-refractivity contribution in [1.82, 2.24) is 33.8 Å². The molecule has 4 heterocycles. The number of aromatic nitrogens is 5. The molecule has 1 atom stereocenters. The standard InChI is InChI=1S/C26H34ClN7O4S/c1-5-11-33-24-21(27)22(30-23(24)25-31-29-15-34(25)26(33)35)18-14-17(39(36,37)28-3)7-8-20(18)38-19(6-2)16-9-12-32(4)13-10-16/h7-8,14-16,19,28,30H,5-6,9-13H2,1-4H3. The lowest BCUT2D eigenvalue weighted by molar-refractivity contribution is 0.0827. The third-order valence-electron chi connectivity index (χ3n) is 7.61. The van der Waals surface area contributed by atoms with Crippen LogP contribution in [0.5, 0.6) is 5.75 Å². The molecule has 1 fully saturated rings. The van der Waals surface area contributed by atoms with Crippen molar-refractivity contribution < 1.29 is 13.2 Å². The number of halogens is 1. The van der Waals surface area contributed by atoms with E-state index in [0.29, 0.717) is 52.6 Å². The first-order valence-electron chi connectivity index (χ1n) is 13.3. The van der Waals surface area contributed by atoms with E-state index in [1.54, 1.807) is 16.7 Å². The summed E-state index contributed by atoms with van der Waals surface area (Å²) in [6, 6.07) is 4.78. The minimum absolute atomic E-state index is 0.0474. The van der Waals surface area contributed by atoms with Crippen LogP contribution in [0.15, 0.2) is 34.2 Å². The Labute approximate surface area is 232 Å². The molecule has 4 aromatic rings. The quantitative estimate of drug-likeness (QED) is 0.313. The summed E-state index contributed by atoms with van der Waals surface area (Å²) >= 11 is 7.00. The number of rotatable bonds is 9. The highest BCUT2D eigenvalue weighted by Crippen LogP contribution is 2.41. The third kappa shape index (κ3) is 4.94. The van der Waals surface area contributed by atoms with Crippen molar-refractivity contribution in [3.63, 3.8) is 0 Å². The molecule has 3 aromatic heterocycles. The van der Waals surface area contributed by atoms with Crippen molar-refractivity contribution in [3.8, 4) is 17.0 Å². The van der Waals surface area contributed by atoms with Gasteiger partial charge in [-0.1, -0.05) is 25.4 Å². The Morgan fingerprint density at radius 1 is 1.26 bits per heavy atom. The molecule has 0 spiro atoms. The molecular weight excluding hydrogens is 542 g/mol. The summed E-state index contributed by atoms with van der Waals surface area (Å²) in [5.74, 6) is 0.898. The molecule has 1 aliphatic rings.